The average molecular weight is 1300 g/mol. The fraction of sp³-hybridized carbons (Fsp3) is 0.543. The maximum atomic E-state index is 15.1. The SMILES string of the molecule is C#CCCCCN(C(=O)[C@H](C(=O)N[C@H]1CCCCN1C)[C@@H](C)CC)[C@H](C[C@@H](OC(C)=O)c1nc(NC(=O)[C@@H](Cc2ccc(NC(=O)[C@H](CCCNC(N)=O)NC(=O)[C@@H](NC(=O)OCC3c4ccccc4-c4ccccc43)C(C)C)cc2)CC(C)(C)C(=O)O)cs1)C(C)C. The number of carboxylic acid groups (broad SMARTS) is 1. The standard InChI is InChI=1S/C70H96N10O12S/c1-12-14-15-21-36-80(66(86)59(44(7)13-2)63(84)77-58-29-20-22-35-79(58)11)55(42(3)4)38-56(92-45(8)81)65-76-57(41-93-65)75-61(82)47(39-70(9,10)67(87)88)37-46-30-32-48(33-31-46)73-62(83)54(28-23-34-72-68(71)89)74-64(85)60(43(5)6)78-69(90)91-40-53-51-26-18-16-24-49(51)50-25-17-19-27-52(50)53/h1,16-19,24-27,30-33,41-44,47,53-56,58-60H,13-15,20-23,28-29,34-40H2,2-11H3,(H,73,83)(H,74,85)(H,75,82)(H,77,84)(H,78,90)(H,87,88)(H3,71,72,89)/t44-,47-,54-,55+,56+,58+,59-,60-/m0/s1. The van der Waals surface area contributed by atoms with E-state index in [-0.39, 0.29) is 86.8 Å². The van der Waals surface area contributed by atoms with Crippen LogP contribution in [0, 0.1) is 47.3 Å². The lowest BCUT2D eigenvalue weighted by Gasteiger charge is -2.40. The van der Waals surface area contributed by atoms with Gasteiger partial charge in [0.25, 0.3) is 0 Å². The summed E-state index contributed by atoms with van der Waals surface area (Å²) in [7, 11) is 1.97. The first-order valence-corrected chi connectivity index (χ1v) is 33.4. The molecule has 1 aliphatic heterocycles. The van der Waals surface area contributed by atoms with Crippen LogP contribution in [0.2, 0.25) is 0 Å². The van der Waals surface area contributed by atoms with E-state index in [0.717, 1.165) is 59.4 Å². The van der Waals surface area contributed by atoms with Crippen molar-refractivity contribution in [2.75, 3.05) is 43.9 Å². The number of nitrogens with one attached hydrogen (secondary N) is 6. The molecule has 9 N–H and O–H groups in total. The molecular formula is C70H96N10O12S. The van der Waals surface area contributed by atoms with Crippen molar-refractivity contribution in [2.45, 2.75) is 176 Å². The number of primary amides is 1. The number of alkyl carbamates (subject to hydrolysis) is 1. The minimum Gasteiger partial charge on any atom is -0.481 e. The molecule has 1 saturated heterocycles. The van der Waals surface area contributed by atoms with Crippen molar-refractivity contribution >= 4 is 76.4 Å². The number of ether oxygens (including phenoxy) is 2. The van der Waals surface area contributed by atoms with Crippen molar-refractivity contribution < 1.29 is 57.7 Å². The fourth-order valence-corrected chi connectivity index (χ4v) is 12.9. The van der Waals surface area contributed by atoms with Gasteiger partial charge in [-0.3, -0.25) is 38.5 Å². The third-order valence-corrected chi connectivity index (χ3v) is 18.6. The number of carbonyl (C=O) groups excluding carboxylic acids is 8. The second-order valence-electron chi connectivity index (χ2n) is 25.9. The lowest BCUT2D eigenvalue weighted by Crippen LogP contribution is -2.56. The first-order chi connectivity index (χ1) is 44.2. The number of aliphatic carboxylic acids is 1. The van der Waals surface area contributed by atoms with Crippen molar-refractivity contribution in [3.63, 3.8) is 0 Å². The summed E-state index contributed by atoms with van der Waals surface area (Å²) in [5.74, 6) is -4.35. The Kier molecular flexibility index (Phi) is 27.8. The molecule has 8 amide bonds. The summed E-state index contributed by atoms with van der Waals surface area (Å²) in [6.45, 7) is 16.9. The molecule has 6 rings (SSSR count). The number of hydrogen-bond acceptors (Lipinski definition) is 14. The summed E-state index contributed by atoms with van der Waals surface area (Å²) < 4.78 is 11.7. The van der Waals surface area contributed by atoms with Gasteiger partial charge in [0.2, 0.25) is 29.5 Å². The van der Waals surface area contributed by atoms with E-state index in [0.29, 0.717) is 48.5 Å². The molecule has 23 heteroatoms. The lowest BCUT2D eigenvalue weighted by molar-refractivity contribution is -0.151. The molecule has 8 atom stereocenters. The summed E-state index contributed by atoms with van der Waals surface area (Å²) in [5, 5.41) is 29.1. The van der Waals surface area contributed by atoms with Crippen LogP contribution in [0.3, 0.4) is 0 Å². The molecule has 93 heavy (non-hydrogen) atoms. The van der Waals surface area contributed by atoms with Gasteiger partial charge in [-0.1, -0.05) is 109 Å². The second kappa shape index (κ2) is 35.1. The van der Waals surface area contributed by atoms with Crippen LogP contribution in [0.5, 0.6) is 0 Å². The molecule has 504 valence electrons. The number of likely N-dealkylation sites (tertiary alicyclic amines) is 1. The zero-order valence-corrected chi connectivity index (χ0v) is 56.3. The van der Waals surface area contributed by atoms with E-state index in [1.54, 1.807) is 48.4 Å². The van der Waals surface area contributed by atoms with E-state index in [9.17, 15) is 43.5 Å². The number of piperidine rings is 1. The molecule has 1 aromatic heterocycles. The first kappa shape index (κ1) is 73.7. The summed E-state index contributed by atoms with van der Waals surface area (Å²) in [5.41, 5.74) is 9.07. The Labute approximate surface area is 551 Å². The summed E-state index contributed by atoms with van der Waals surface area (Å²) in [6, 6.07) is 18.9. The third kappa shape index (κ3) is 21.1. The maximum absolute atomic E-state index is 15.1. The first-order valence-electron chi connectivity index (χ1n) is 32.5. The number of aromatic nitrogens is 1. The molecule has 0 unspecified atom stereocenters. The van der Waals surface area contributed by atoms with E-state index in [1.807, 2.05) is 83.3 Å². The normalized spacial score (nSPS) is 16.1. The Hall–Kier alpha value is -8.36. The highest BCUT2D eigenvalue weighted by molar-refractivity contribution is 7.10. The van der Waals surface area contributed by atoms with Gasteiger partial charge in [0.15, 0.2) is 6.10 Å². The van der Waals surface area contributed by atoms with Gasteiger partial charge < -0.3 is 57.1 Å². The maximum Gasteiger partial charge on any atom is 0.407 e. The Balaban J connectivity index is 1.16. The molecule has 3 aromatic carbocycles. The highest BCUT2D eigenvalue weighted by Crippen LogP contribution is 2.45. The molecular weight excluding hydrogens is 1200 g/mol. The van der Waals surface area contributed by atoms with Crippen molar-refractivity contribution in [1.29, 1.82) is 0 Å². The number of nitrogens with two attached hydrogens (primary N) is 1. The Bertz CT molecular complexity index is 3230. The average Bonchev–Trinajstić information content (AvgIpc) is 1.64. The van der Waals surface area contributed by atoms with Gasteiger partial charge in [0.1, 0.15) is 35.4 Å². The van der Waals surface area contributed by atoms with Gasteiger partial charge in [-0.15, -0.1) is 23.7 Å². The van der Waals surface area contributed by atoms with Crippen LogP contribution in [-0.2, 0) is 49.5 Å². The van der Waals surface area contributed by atoms with Gasteiger partial charge in [-0.05, 0) is 143 Å². The van der Waals surface area contributed by atoms with E-state index in [1.165, 1.54) is 20.8 Å². The molecule has 1 aliphatic carbocycles. The van der Waals surface area contributed by atoms with Gasteiger partial charge >= 0.3 is 24.1 Å². The van der Waals surface area contributed by atoms with E-state index < -0.39 is 89.2 Å². The van der Waals surface area contributed by atoms with E-state index in [2.05, 4.69) is 42.7 Å². The third-order valence-electron chi connectivity index (χ3n) is 17.7. The Morgan fingerprint density at radius 3 is 2.11 bits per heavy atom. The van der Waals surface area contributed by atoms with Crippen LogP contribution in [0.25, 0.3) is 11.1 Å². The van der Waals surface area contributed by atoms with E-state index >= 15 is 4.79 Å². The number of carboxylic acids is 1. The predicted octanol–water partition coefficient (Wildman–Crippen LogP) is 9.75. The number of terminal acetylenes is 1. The highest BCUT2D eigenvalue weighted by Gasteiger charge is 2.42. The fourth-order valence-electron chi connectivity index (χ4n) is 12.1. The van der Waals surface area contributed by atoms with Crippen LogP contribution < -0.4 is 37.6 Å². The van der Waals surface area contributed by atoms with Gasteiger partial charge in [-0.25, -0.2) is 14.6 Å². The number of carbonyl (C=O) groups is 9. The highest BCUT2D eigenvalue weighted by atomic mass is 32.1. The van der Waals surface area contributed by atoms with Crippen LogP contribution in [0.1, 0.15) is 167 Å². The minimum atomic E-state index is -1.35. The largest absolute Gasteiger partial charge is 0.481 e. The van der Waals surface area contributed by atoms with Crippen LogP contribution >= 0.6 is 11.3 Å². The monoisotopic (exact) mass is 1300 g/mol. The molecule has 2 heterocycles. The van der Waals surface area contributed by atoms with Gasteiger partial charge in [0, 0.05) is 61.8 Å². The molecule has 0 saturated carbocycles. The molecule has 0 bridgehead atoms. The van der Waals surface area contributed by atoms with Crippen molar-refractivity contribution in [2.24, 2.45) is 40.7 Å². The quantitative estimate of drug-likeness (QED) is 0.00934. The van der Waals surface area contributed by atoms with Crippen molar-refractivity contribution in [1.82, 2.24) is 36.1 Å². The van der Waals surface area contributed by atoms with Crippen LogP contribution in [-0.4, -0.2) is 131 Å². The number of anilines is 2. The number of esters is 1. The summed E-state index contributed by atoms with van der Waals surface area (Å²) in [4.78, 5) is 131. The number of thiazole rings is 1. The zero-order valence-electron chi connectivity index (χ0n) is 55.5. The number of hydrogen-bond donors (Lipinski definition) is 8. The Morgan fingerprint density at radius 2 is 1.52 bits per heavy atom. The number of nitrogens with zero attached hydrogens (tertiary/aromatic N) is 3. The predicted molar refractivity (Wildman–Crippen MR) is 358 cm³/mol. The number of fused-ring (bicyclic) bond motifs is 3. The van der Waals surface area contributed by atoms with Crippen LogP contribution in [0.4, 0.5) is 21.1 Å². The van der Waals surface area contributed by atoms with Crippen molar-refractivity contribution in [3.05, 3.63) is 99.9 Å². The number of amides is 8. The summed E-state index contributed by atoms with van der Waals surface area (Å²) >= 11 is 1.15. The molecule has 1 fully saturated rings. The molecule has 22 nitrogen and oxygen atoms in total. The second-order valence-corrected chi connectivity index (χ2v) is 26.8. The van der Waals surface area contributed by atoms with Crippen LogP contribution in [0.15, 0.2) is 78.2 Å². The molecule has 0 radical (unpaired) electrons. The number of unbranched alkanes of at least 4 members (excludes halogenated alkanes) is 2. The number of rotatable bonds is 34. The summed E-state index contributed by atoms with van der Waals surface area (Å²) in [6.07, 6.45) is 9.13. The smallest absolute Gasteiger partial charge is 0.407 e. The molecule has 0 spiro atoms. The lowest BCUT2D eigenvalue weighted by atomic mass is 9.80. The topological polar surface area (TPSA) is 310 Å². The minimum absolute atomic E-state index is 0.0240. The Morgan fingerprint density at radius 1 is 0.849 bits per heavy atom. The van der Waals surface area contributed by atoms with Gasteiger partial charge in [-0.2, -0.15) is 0 Å². The molecule has 2 aliphatic rings. The van der Waals surface area contributed by atoms with Gasteiger partial charge in [0.05, 0.1) is 11.6 Å². The van der Waals surface area contributed by atoms with E-state index in [4.69, 9.17) is 26.6 Å². The number of urea groups is 1. The zero-order chi connectivity index (χ0) is 68.1. The number of benzene rings is 3. The van der Waals surface area contributed by atoms with Crippen molar-refractivity contribution in [3.8, 4) is 23.5 Å². The molecule has 4 aromatic rings.